The quantitative estimate of drug-likeness (QED) is 0.785. The summed E-state index contributed by atoms with van der Waals surface area (Å²) in [5.74, 6) is 0.791. The van der Waals surface area contributed by atoms with Crippen LogP contribution in [0.1, 0.15) is 61.3 Å². The zero-order valence-electron chi connectivity index (χ0n) is 14.3. The SMILES string of the molecule is CCNC/C(=C/c1cc(C)c(C)cc1C)C1CCCCC1. The summed E-state index contributed by atoms with van der Waals surface area (Å²) in [7, 11) is 0. The molecular formula is C20H31N. The van der Waals surface area contributed by atoms with Gasteiger partial charge in [0, 0.05) is 6.54 Å². The highest BCUT2D eigenvalue weighted by molar-refractivity contribution is 5.59. The van der Waals surface area contributed by atoms with Crippen molar-refractivity contribution in [3.8, 4) is 0 Å². The van der Waals surface area contributed by atoms with Gasteiger partial charge in [0.2, 0.25) is 0 Å². The summed E-state index contributed by atoms with van der Waals surface area (Å²) in [6.45, 7) is 11.0. The first-order valence-corrected chi connectivity index (χ1v) is 8.60. The van der Waals surface area contributed by atoms with E-state index >= 15 is 0 Å². The highest BCUT2D eigenvalue weighted by Gasteiger charge is 2.17. The van der Waals surface area contributed by atoms with Crippen LogP contribution in [0.5, 0.6) is 0 Å². The van der Waals surface area contributed by atoms with Crippen LogP contribution in [0.15, 0.2) is 17.7 Å². The Kier molecular flexibility index (Phi) is 6.05. The van der Waals surface area contributed by atoms with Crippen molar-refractivity contribution >= 4 is 6.08 Å². The highest BCUT2D eigenvalue weighted by Crippen LogP contribution is 2.31. The summed E-state index contributed by atoms with van der Waals surface area (Å²) in [5.41, 5.74) is 7.23. The molecule has 1 aliphatic carbocycles. The van der Waals surface area contributed by atoms with Crippen LogP contribution in [-0.4, -0.2) is 13.1 Å². The Bertz CT molecular complexity index is 493. The van der Waals surface area contributed by atoms with E-state index in [1.54, 1.807) is 5.57 Å². The first-order chi connectivity index (χ1) is 10.1. The summed E-state index contributed by atoms with van der Waals surface area (Å²) < 4.78 is 0. The fraction of sp³-hybridized carbons (Fsp3) is 0.600. The molecule has 0 saturated heterocycles. The van der Waals surface area contributed by atoms with Gasteiger partial charge < -0.3 is 5.32 Å². The molecule has 1 nitrogen and oxygen atoms in total. The zero-order valence-corrected chi connectivity index (χ0v) is 14.3. The van der Waals surface area contributed by atoms with E-state index in [1.165, 1.54) is 54.4 Å². The Morgan fingerprint density at radius 2 is 1.71 bits per heavy atom. The maximum Gasteiger partial charge on any atom is 0.0170 e. The predicted octanol–water partition coefficient (Wildman–Crippen LogP) is 5.19. The van der Waals surface area contributed by atoms with Crippen LogP contribution in [0.2, 0.25) is 0 Å². The number of hydrogen-bond acceptors (Lipinski definition) is 1. The van der Waals surface area contributed by atoms with Gasteiger partial charge in [-0.25, -0.2) is 0 Å². The molecular weight excluding hydrogens is 254 g/mol. The molecule has 1 N–H and O–H groups in total. The number of nitrogens with one attached hydrogen (secondary N) is 1. The topological polar surface area (TPSA) is 12.0 Å². The van der Waals surface area contributed by atoms with Gasteiger partial charge in [0.15, 0.2) is 0 Å². The smallest absolute Gasteiger partial charge is 0.0170 e. The van der Waals surface area contributed by atoms with Crippen LogP contribution < -0.4 is 5.32 Å². The van der Waals surface area contributed by atoms with E-state index < -0.39 is 0 Å². The van der Waals surface area contributed by atoms with Crippen LogP contribution in [0.4, 0.5) is 0 Å². The molecule has 0 bridgehead atoms. The zero-order chi connectivity index (χ0) is 15.2. The van der Waals surface area contributed by atoms with E-state index in [1.807, 2.05) is 0 Å². The molecule has 0 unspecified atom stereocenters. The molecule has 0 atom stereocenters. The maximum atomic E-state index is 3.54. The summed E-state index contributed by atoms with van der Waals surface area (Å²) in [5, 5.41) is 3.54. The second kappa shape index (κ2) is 7.79. The van der Waals surface area contributed by atoms with E-state index in [0.717, 1.165) is 19.0 Å². The average Bonchev–Trinajstić information content (AvgIpc) is 2.49. The third-order valence-electron chi connectivity index (χ3n) is 4.93. The van der Waals surface area contributed by atoms with E-state index in [2.05, 4.69) is 51.2 Å². The van der Waals surface area contributed by atoms with Crippen LogP contribution in [-0.2, 0) is 0 Å². The Balaban J connectivity index is 2.28. The summed E-state index contributed by atoms with van der Waals surface area (Å²) in [6, 6.07) is 4.69. The summed E-state index contributed by atoms with van der Waals surface area (Å²) in [4.78, 5) is 0. The van der Waals surface area contributed by atoms with Crippen molar-refractivity contribution in [2.75, 3.05) is 13.1 Å². The second-order valence-corrected chi connectivity index (χ2v) is 6.63. The molecule has 1 aliphatic rings. The number of benzene rings is 1. The van der Waals surface area contributed by atoms with Crippen LogP contribution in [0, 0.1) is 26.7 Å². The minimum Gasteiger partial charge on any atom is -0.313 e. The molecule has 0 amide bonds. The monoisotopic (exact) mass is 285 g/mol. The van der Waals surface area contributed by atoms with Crippen molar-refractivity contribution in [2.24, 2.45) is 5.92 Å². The third kappa shape index (κ3) is 4.44. The number of hydrogen-bond donors (Lipinski definition) is 1. The molecule has 0 aliphatic heterocycles. The second-order valence-electron chi connectivity index (χ2n) is 6.63. The van der Waals surface area contributed by atoms with Gasteiger partial charge in [-0.15, -0.1) is 0 Å². The average molecular weight is 285 g/mol. The van der Waals surface area contributed by atoms with Gasteiger partial charge in [-0.05, 0) is 68.3 Å². The van der Waals surface area contributed by atoms with Gasteiger partial charge in [0.25, 0.3) is 0 Å². The third-order valence-corrected chi connectivity index (χ3v) is 4.93. The van der Waals surface area contributed by atoms with E-state index in [9.17, 15) is 0 Å². The van der Waals surface area contributed by atoms with Crippen molar-refractivity contribution < 1.29 is 0 Å². The Morgan fingerprint density at radius 1 is 1.05 bits per heavy atom. The first-order valence-electron chi connectivity index (χ1n) is 8.60. The van der Waals surface area contributed by atoms with Gasteiger partial charge >= 0.3 is 0 Å². The lowest BCUT2D eigenvalue weighted by Crippen LogP contribution is -2.22. The van der Waals surface area contributed by atoms with Gasteiger partial charge in [-0.3, -0.25) is 0 Å². The van der Waals surface area contributed by atoms with Crippen molar-refractivity contribution in [1.29, 1.82) is 0 Å². The normalized spacial score (nSPS) is 17.2. The highest BCUT2D eigenvalue weighted by atomic mass is 14.8. The van der Waals surface area contributed by atoms with Crippen molar-refractivity contribution in [1.82, 2.24) is 5.32 Å². The largest absolute Gasteiger partial charge is 0.313 e. The minimum absolute atomic E-state index is 0.791. The Hall–Kier alpha value is -1.08. The summed E-state index contributed by atoms with van der Waals surface area (Å²) >= 11 is 0. The van der Waals surface area contributed by atoms with Crippen LogP contribution in [0.3, 0.4) is 0 Å². The molecule has 1 fully saturated rings. The van der Waals surface area contributed by atoms with Crippen LogP contribution in [0.25, 0.3) is 6.08 Å². The van der Waals surface area contributed by atoms with Gasteiger partial charge in [0.1, 0.15) is 0 Å². The molecule has 0 heterocycles. The van der Waals surface area contributed by atoms with E-state index in [-0.39, 0.29) is 0 Å². The maximum absolute atomic E-state index is 3.54. The Morgan fingerprint density at radius 3 is 2.38 bits per heavy atom. The fourth-order valence-corrected chi connectivity index (χ4v) is 3.39. The van der Waals surface area contributed by atoms with Crippen molar-refractivity contribution in [3.05, 3.63) is 40.0 Å². The molecule has 0 radical (unpaired) electrons. The Labute approximate surface area is 130 Å². The molecule has 1 aromatic rings. The van der Waals surface area contributed by atoms with Crippen molar-refractivity contribution in [3.63, 3.8) is 0 Å². The minimum atomic E-state index is 0.791. The summed E-state index contributed by atoms with van der Waals surface area (Å²) in [6.07, 6.45) is 9.45. The number of aryl methyl sites for hydroxylation is 3. The molecule has 1 aromatic carbocycles. The molecule has 0 aromatic heterocycles. The molecule has 1 saturated carbocycles. The molecule has 1 heteroatoms. The van der Waals surface area contributed by atoms with Gasteiger partial charge in [-0.1, -0.05) is 50.0 Å². The lowest BCUT2D eigenvalue weighted by molar-refractivity contribution is 0.397. The van der Waals surface area contributed by atoms with Crippen molar-refractivity contribution in [2.45, 2.75) is 59.8 Å². The van der Waals surface area contributed by atoms with E-state index in [4.69, 9.17) is 0 Å². The number of likely N-dealkylation sites (N-methyl/N-ethyl adjacent to an activating group) is 1. The fourth-order valence-electron chi connectivity index (χ4n) is 3.39. The van der Waals surface area contributed by atoms with Gasteiger partial charge in [-0.2, -0.15) is 0 Å². The molecule has 0 spiro atoms. The van der Waals surface area contributed by atoms with Crippen LogP contribution >= 0.6 is 0 Å². The molecule has 21 heavy (non-hydrogen) atoms. The van der Waals surface area contributed by atoms with Gasteiger partial charge in [0.05, 0.1) is 0 Å². The standard InChI is InChI=1S/C20H31N/c1-5-21-14-20(18-9-7-6-8-10-18)13-19-12-16(3)15(2)11-17(19)4/h11-13,18,21H,5-10,14H2,1-4H3/b20-13-. The lowest BCUT2D eigenvalue weighted by atomic mass is 9.82. The lowest BCUT2D eigenvalue weighted by Gasteiger charge is -2.25. The molecule has 2 rings (SSSR count). The first kappa shape index (κ1) is 16.3. The predicted molar refractivity (Wildman–Crippen MR) is 93.7 cm³/mol. The number of rotatable bonds is 5. The van der Waals surface area contributed by atoms with E-state index in [0.29, 0.717) is 0 Å². The molecule has 116 valence electrons.